The lowest BCUT2D eigenvalue weighted by Crippen LogP contribution is -2.74. The van der Waals surface area contributed by atoms with E-state index in [1.54, 1.807) is 0 Å². The van der Waals surface area contributed by atoms with Crippen LogP contribution in [0.3, 0.4) is 0 Å². The first kappa shape index (κ1) is 26.0. The molecule has 31 heavy (non-hydrogen) atoms. The van der Waals surface area contributed by atoms with Crippen molar-refractivity contribution in [3.8, 4) is 0 Å². The fourth-order valence-electron chi connectivity index (χ4n) is 2.19. The number of carboxylic acid groups (broad SMARTS) is 6. The molecule has 0 heterocycles. The molecule has 18 heteroatoms. The third-order valence-corrected chi connectivity index (χ3v) is 3.35. The van der Waals surface area contributed by atoms with E-state index in [0.29, 0.717) is 0 Å². The summed E-state index contributed by atoms with van der Waals surface area (Å²) in [6.45, 7) is 0. The van der Waals surface area contributed by atoms with Crippen LogP contribution in [0.5, 0.6) is 0 Å². The summed E-state index contributed by atoms with van der Waals surface area (Å²) in [6.07, 6.45) is 0. The van der Waals surface area contributed by atoms with Crippen molar-refractivity contribution in [1.82, 2.24) is 4.90 Å². The van der Waals surface area contributed by atoms with Gasteiger partial charge in [0.2, 0.25) is 5.54 Å². The lowest BCUT2D eigenvalue weighted by Gasteiger charge is -2.37. The minimum absolute atomic E-state index is 1.71. The van der Waals surface area contributed by atoms with Crippen molar-refractivity contribution in [3.05, 3.63) is 0 Å². The zero-order valence-electron chi connectivity index (χ0n) is 14.2. The van der Waals surface area contributed by atoms with Crippen molar-refractivity contribution in [2.75, 3.05) is 0 Å². The van der Waals surface area contributed by atoms with E-state index in [1.165, 1.54) is 0 Å². The van der Waals surface area contributed by atoms with Gasteiger partial charge in [-0.15, -0.1) is 0 Å². The highest BCUT2D eigenvalue weighted by Gasteiger charge is 2.70. The highest BCUT2D eigenvalue weighted by atomic mass is 16.4. The highest BCUT2D eigenvalue weighted by Crippen LogP contribution is 2.31. The minimum atomic E-state index is -5.08. The van der Waals surface area contributed by atoms with Crippen LogP contribution in [-0.4, -0.2) is 106 Å². The largest absolute Gasteiger partial charge is 0.479 e. The fourth-order valence-corrected chi connectivity index (χ4v) is 2.19. The van der Waals surface area contributed by atoms with Crippen LogP contribution in [0.15, 0.2) is 0 Å². The van der Waals surface area contributed by atoms with E-state index >= 15 is 0 Å². The van der Waals surface area contributed by atoms with Gasteiger partial charge < -0.3 is 30.6 Å². The highest BCUT2D eigenvalue weighted by molar-refractivity contribution is 6.55. The van der Waals surface area contributed by atoms with Gasteiger partial charge in [0.15, 0.2) is 0 Å². The molecule has 0 aliphatic rings. The summed E-state index contributed by atoms with van der Waals surface area (Å²) in [6, 6.07) is 0. The second-order valence-corrected chi connectivity index (χ2v) is 5.03. The molecule has 2 amide bonds. The summed E-state index contributed by atoms with van der Waals surface area (Å²) in [5, 5.41) is 53.3. The molecular weight excluding hydrogens is 442 g/mol. The Morgan fingerprint density at radius 2 is 0.839 bits per heavy atom. The van der Waals surface area contributed by atoms with Crippen LogP contribution in [-0.2, 0) is 52.7 Å². The Labute approximate surface area is 165 Å². The molecule has 0 rings (SSSR count). The maximum atomic E-state index is 12.2. The Kier molecular flexibility index (Phi) is 7.52. The molecule has 0 spiro atoms. The van der Waals surface area contributed by atoms with Gasteiger partial charge in [-0.05, 0) is 0 Å². The van der Waals surface area contributed by atoms with Crippen molar-refractivity contribution in [1.29, 1.82) is 0 Å². The number of aliphatic carboxylic acids is 6. The van der Waals surface area contributed by atoms with Gasteiger partial charge in [0.1, 0.15) is 5.92 Å². The number of amides is 2. The number of hydrogen-bond acceptors (Lipinski definition) is 11. The summed E-state index contributed by atoms with van der Waals surface area (Å²) in [4.78, 5) is 125. The van der Waals surface area contributed by atoms with Gasteiger partial charge in [-0.1, -0.05) is 0 Å². The van der Waals surface area contributed by atoms with Gasteiger partial charge >= 0.3 is 47.6 Å². The first-order chi connectivity index (χ1) is 14.0. The molecule has 0 unspecified atom stereocenters. The number of Topliss-reactive ketones (excluding diaryl/α,β-unsaturated/α-hetero) is 3. The van der Waals surface area contributed by atoms with Crippen LogP contribution in [0.4, 0.5) is 0 Å². The molecular formula is C13H7NO17. The van der Waals surface area contributed by atoms with Crippen molar-refractivity contribution in [2.24, 2.45) is 5.92 Å². The van der Waals surface area contributed by atoms with E-state index in [2.05, 4.69) is 0 Å². The Bertz CT molecular complexity index is 863. The van der Waals surface area contributed by atoms with E-state index in [1.807, 2.05) is 0 Å². The molecule has 0 bridgehead atoms. The van der Waals surface area contributed by atoms with Gasteiger partial charge in [0.25, 0.3) is 17.3 Å². The first-order valence-electron chi connectivity index (χ1n) is 6.87. The maximum Gasteiger partial charge on any atom is 0.395 e. The number of ketones is 3. The van der Waals surface area contributed by atoms with Gasteiger partial charge in [-0.2, -0.15) is 0 Å². The standard InChI is InChI=1S/C13H7NO17/c15-2(7(20)21)1(3(16)8(22)23)13(12(30)31,4(17)9(24)25)14(5(18)10(26)27)6(19)11(28)29/h1H,(H,20,21)(H,22,23)(H,24,25)(H,26,27)(H,28,29)(H,30,31)/t13-/m1/s1. The molecule has 0 aromatic heterocycles. The molecule has 0 aliphatic heterocycles. The van der Waals surface area contributed by atoms with Gasteiger partial charge in [0.05, 0.1) is 0 Å². The Balaban J connectivity index is 8.00. The number of nitrogens with zero attached hydrogens (tertiary/aromatic N) is 1. The third kappa shape index (κ3) is 4.36. The summed E-state index contributed by atoms with van der Waals surface area (Å²) >= 11 is 0. The van der Waals surface area contributed by atoms with Crippen molar-refractivity contribution < 1.29 is 83.4 Å². The smallest absolute Gasteiger partial charge is 0.395 e. The van der Waals surface area contributed by atoms with Gasteiger partial charge in [-0.3, -0.25) is 24.0 Å². The second-order valence-electron chi connectivity index (χ2n) is 5.03. The number of imide groups is 1. The van der Waals surface area contributed by atoms with Crippen LogP contribution in [0, 0.1) is 5.92 Å². The van der Waals surface area contributed by atoms with Crippen LogP contribution < -0.4 is 0 Å². The van der Waals surface area contributed by atoms with E-state index < -0.39 is 81.3 Å². The molecule has 1 atom stereocenters. The summed E-state index contributed by atoms with van der Waals surface area (Å²) in [7, 11) is 0. The molecule has 18 nitrogen and oxygen atoms in total. The average Bonchev–Trinajstić information content (AvgIpc) is 2.64. The normalized spacial score (nSPS) is 12.0. The quantitative estimate of drug-likeness (QED) is 0.141. The van der Waals surface area contributed by atoms with Crippen molar-refractivity contribution >= 4 is 65.0 Å². The number of carbonyl (C=O) groups is 11. The molecule has 0 fully saturated rings. The Morgan fingerprint density at radius 1 is 0.516 bits per heavy atom. The Morgan fingerprint density at radius 3 is 1.03 bits per heavy atom. The zero-order valence-corrected chi connectivity index (χ0v) is 14.2. The predicted molar refractivity (Wildman–Crippen MR) is 78.9 cm³/mol. The monoisotopic (exact) mass is 449 g/mol. The van der Waals surface area contributed by atoms with Crippen LogP contribution in [0.25, 0.3) is 0 Å². The van der Waals surface area contributed by atoms with Crippen LogP contribution in [0.2, 0.25) is 0 Å². The maximum absolute atomic E-state index is 12.2. The third-order valence-electron chi connectivity index (χ3n) is 3.35. The number of carbonyl (C=O) groups excluding carboxylic acids is 5. The average molecular weight is 449 g/mol. The molecule has 0 saturated heterocycles. The molecule has 6 N–H and O–H groups in total. The van der Waals surface area contributed by atoms with E-state index in [4.69, 9.17) is 25.5 Å². The van der Waals surface area contributed by atoms with Gasteiger partial charge in [0, 0.05) is 0 Å². The lowest BCUT2D eigenvalue weighted by molar-refractivity contribution is -0.186. The van der Waals surface area contributed by atoms with Crippen LogP contribution in [0.1, 0.15) is 0 Å². The van der Waals surface area contributed by atoms with E-state index in [9.17, 15) is 57.8 Å². The van der Waals surface area contributed by atoms with E-state index in [0.717, 1.165) is 0 Å². The number of rotatable bonds is 9. The molecule has 0 saturated carbocycles. The summed E-state index contributed by atoms with van der Waals surface area (Å²) in [5.74, 6) is -37.3. The van der Waals surface area contributed by atoms with E-state index in [-0.39, 0.29) is 0 Å². The van der Waals surface area contributed by atoms with Crippen molar-refractivity contribution in [3.63, 3.8) is 0 Å². The predicted octanol–water partition coefficient (Wildman–Crippen LogP) is -5.09. The molecule has 0 aliphatic carbocycles. The molecule has 166 valence electrons. The number of carboxylic acids is 6. The first-order valence-corrected chi connectivity index (χ1v) is 6.87. The molecule has 0 radical (unpaired) electrons. The molecule has 0 aromatic carbocycles. The number of hydrogen-bond donors (Lipinski definition) is 6. The SMILES string of the molecule is O=C(O)C(=O)C(C(=O)C(=O)O)[C@](C(=O)O)(C(=O)C(=O)O)N(C(=O)C(=O)O)C(=O)C(=O)O. The summed E-state index contributed by atoms with van der Waals surface area (Å²) in [5.41, 5.74) is -5.08. The molecule has 0 aromatic rings. The van der Waals surface area contributed by atoms with Gasteiger partial charge in [-0.25, -0.2) is 33.7 Å². The Hall–Kier alpha value is -5.03. The minimum Gasteiger partial charge on any atom is -0.479 e. The fraction of sp³-hybridized carbons (Fsp3) is 0.154. The van der Waals surface area contributed by atoms with Crippen molar-refractivity contribution in [2.45, 2.75) is 5.54 Å². The topological polar surface area (TPSA) is 312 Å². The van der Waals surface area contributed by atoms with Crippen LogP contribution >= 0.6 is 0 Å². The lowest BCUT2D eigenvalue weighted by atomic mass is 9.73. The zero-order chi connectivity index (χ0) is 25.0. The second kappa shape index (κ2) is 8.98. The summed E-state index contributed by atoms with van der Waals surface area (Å²) < 4.78 is 0.